The third-order valence-corrected chi connectivity index (χ3v) is 8.89. The summed E-state index contributed by atoms with van der Waals surface area (Å²) in [6, 6.07) is 12.7. The van der Waals surface area contributed by atoms with Gasteiger partial charge in [0.05, 0.1) is 50.1 Å². The summed E-state index contributed by atoms with van der Waals surface area (Å²) in [6.45, 7) is 2.00. The van der Waals surface area contributed by atoms with Gasteiger partial charge in [0, 0.05) is 30.9 Å². The average molecular weight is 572 g/mol. The van der Waals surface area contributed by atoms with E-state index in [1.54, 1.807) is 46.9 Å². The maximum Gasteiger partial charge on any atom is 0.254 e. The van der Waals surface area contributed by atoms with Crippen molar-refractivity contribution in [3.05, 3.63) is 77.4 Å². The summed E-state index contributed by atoms with van der Waals surface area (Å²) >= 11 is 0. The third-order valence-electron chi connectivity index (χ3n) is 7.32. The van der Waals surface area contributed by atoms with E-state index >= 15 is 0 Å². The summed E-state index contributed by atoms with van der Waals surface area (Å²) < 4.78 is 59.9. The second-order valence-electron chi connectivity index (χ2n) is 10.2. The second kappa shape index (κ2) is 12.5. The van der Waals surface area contributed by atoms with Crippen LogP contribution in [0.4, 0.5) is 4.39 Å². The van der Waals surface area contributed by atoms with Gasteiger partial charge in [0.25, 0.3) is 5.91 Å². The van der Waals surface area contributed by atoms with Crippen molar-refractivity contribution in [1.82, 2.24) is 14.5 Å². The predicted octanol–water partition coefficient (Wildman–Crippen LogP) is 4.01. The second-order valence-corrected chi connectivity index (χ2v) is 12.1. The van der Waals surface area contributed by atoms with Gasteiger partial charge in [-0.15, -0.1) is 0 Å². The van der Waals surface area contributed by atoms with E-state index in [2.05, 4.69) is 4.98 Å². The first kappa shape index (κ1) is 28.3. The maximum atomic E-state index is 14.4. The highest BCUT2D eigenvalue weighted by Crippen LogP contribution is 2.25. The number of hydrogen-bond donors (Lipinski definition) is 0. The van der Waals surface area contributed by atoms with Crippen LogP contribution in [0.5, 0.6) is 5.75 Å². The molecule has 0 radical (unpaired) electrons. The van der Waals surface area contributed by atoms with Crippen LogP contribution in [-0.4, -0.2) is 67.9 Å². The highest BCUT2D eigenvalue weighted by atomic mass is 32.2. The summed E-state index contributed by atoms with van der Waals surface area (Å²) in [5, 5.41) is -0.157. The van der Waals surface area contributed by atoms with Crippen LogP contribution in [0.3, 0.4) is 0 Å². The summed E-state index contributed by atoms with van der Waals surface area (Å²) in [5.74, 6) is -0.678. The zero-order valence-corrected chi connectivity index (χ0v) is 23.3. The molecule has 2 atom stereocenters. The molecular weight excluding hydrogens is 537 g/mol. The van der Waals surface area contributed by atoms with Crippen LogP contribution in [0, 0.1) is 5.82 Å². The van der Waals surface area contributed by atoms with Gasteiger partial charge in [-0.05, 0) is 56.0 Å². The Morgan fingerprint density at radius 3 is 2.42 bits per heavy atom. The lowest BCUT2D eigenvalue weighted by Crippen LogP contribution is -2.37. The van der Waals surface area contributed by atoms with Crippen LogP contribution in [0.2, 0.25) is 0 Å². The first-order valence-electron chi connectivity index (χ1n) is 13.5. The van der Waals surface area contributed by atoms with Crippen LogP contribution < -0.4 is 4.74 Å². The number of imidazole rings is 1. The lowest BCUT2D eigenvalue weighted by Gasteiger charge is -2.27. The van der Waals surface area contributed by atoms with Gasteiger partial charge in [-0.3, -0.25) is 4.79 Å². The first-order chi connectivity index (χ1) is 19.3. The van der Waals surface area contributed by atoms with Crippen molar-refractivity contribution in [2.45, 2.75) is 61.9 Å². The Morgan fingerprint density at radius 1 is 1.07 bits per heavy atom. The quantitative estimate of drug-likeness (QED) is 0.343. The molecule has 0 spiro atoms. The van der Waals surface area contributed by atoms with Crippen LogP contribution in [0.15, 0.2) is 59.9 Å². The van der Waals surface area contributed by atoms with Crippen molar-refractivity contribution >= 4 is 15.7 Å². The van der Waals surface area contributed by atoms with Gasteiger partial charge in [0.1, 0.15) is 11.6 Å². The molecule has 0 saturated carbocycles. The molecule has 2 aliphatic heterocycles. The Balaban J connectivity index is 1.47. The summed E-state index contributed by atoms with van der Waals surface area (Å²) in [6.07, 6.45) is 4.63. The molecule has 5 rings (SSSR count). The van der Waals surface area contributed by atoms with Crippen molar-refractivity contribution in [2.75, 3.05) is 26.9 Å². The molecule has 9 nitrogen and oxygen atoms in total. The molecule has 2 fully saturated rings. The smallest absolute Gasteiger partial charge is 0.254 e. The van der Waals surface area contributed by atoms with E-state index in [-0.39, 0.29) is 41.9 Å². The highest BCUT2D eigenvalue weighted by Gasteiger charge is 2.30. The fourth-order valence-electron chi connectivity index (χ4n) is 5.20. The summed E-state index contributed by atoms with van der Waals surface area (Å²) in [4.78, 5) is 19.7. The van der Waals surface area contributed by atoms with E-state index in [1.165, 1.54) is 24.4 Å². The number of benzene rings is 2. The number of amides is 1. The maximum absolute atomic E-state index is 14.4. The van der Waals surface area contributed by atoms with Gasteiger partial charge in [-0.2, -0.15) is 0 Å². The Labute approximate surface area is 233 Å². The molecule has 1 aromatic heterocycles. The molecule has 11 heteroatoms. The zero-order valence-electron chi connectivity index (χ0n) is 22.5. The molecule has 3 heterocycles. The van der Waals surface area contributed by atoms with E-state index in [0.717, 1.165) is 25.7 Å². The standard InChI is InChI=1S/C29H34FN3O6S/c1-37-24-12-10-21(11-13-24)28(34)32(18-25-7-4-14-38-25)17-23-16-31-29(33(23)19-26-8-5-15-39-26)40(35,36)20-22-6-2-3-9-27(22)30/h2-3,6,9-13,16,25-26H,4-5,7-8,14-15,17-20H2,1H3/t25-,26+/m1/s1. The number of carbonyl (C=O) groups is 1. The van der Waals surface area contributed by atoms with E-state index in [1.807, 2.05) is 0 Å². The number of carbonyl (C=O) groups excluding carboxylic acids is 1. The van der Waals surface area contributed by atoms with Crippen molar-refractivity contribution in [3.8, 4) is 5.75 Å². The number of rotatable bonds is 11. The van der Waals surface area contributed by atoms with Gasteiger partial charge in [-0.1, -0.05) is 18.2 Å². The van der Waals surface area contributed by atoms with Gasteiger partial charge in [0.15, 0.2) is 0 Å². The van der Waals surface area contributed by atoms with E-state index in [9.17, 15) is 17.6 Å². The molecule has 40 heavy (non-hydrogen) atoms. The van der Waals surface area contributed by atoms with E-state index in [4.69, 9.17) is 14.2 Å². The largest absolute Gasteiger partial charge is 0.497 e. The van der Waals surface area contributed by atoms with Crippen molar-refractivity contribution in [3.63, 3.8) is 0 Å². The molecule has 0 N–H and O–H groups in total. The molecule has 3 aromatic rings. The number of nitrogens with zero attached hydrogens (tertiary/aromatic N) is 3. The molecule has 2 aromatic carbocycles. The minimum atomic E-state index is -4.01. The number of halogens is 1. The molecule has 0 bridgehead atoms. The number of hydrogen-bond acceptors (Lipinski definition) is 7. The fourth-order valence-corrected chi connectivity index (χ4v) is 6.72. The Morgan fingerprint density at radius 2 is 1.77 bits per heavy atom. The highest BCUT2D eigenvalue weighted by molar-refractivity contribution is 7.90. The van der Waals surface area contributed by atoms with Crippen molar-refractivity contribution < 1.29 is 31.8 Å². The zero-order chi connectivity index (χ0) is 28.1. The normalized spacial score (nSPS) is 19.1. The topological polar surface area (TPSA) is 100.0 Å². The number of sulfone groups is 1. The molecule has 1 amide bonds. The van der Waals surface area contributed by atoms with Gasteiger partial charge < -0.3 is 23.7 Å². The lowest BCUT2D eigenvalue weighted by atomic mass is 10.1. The predicted molar refractivity (Wildman–Crippen MR) is 145 cm³/mol. The van der Waals surface area contributed by atoms with Gasteiger partial charge >= 0.3 is 0 Å². The monoisotopic (exact) mass is 571 g/mol. The Hall–Kier alpha value is -3.28. The molecule has 2 aliphatic rings. The van der Waals surface area contributed by atoms with E-state index in [0.29, 0.717) is 36.8 Å². The van der Waals surface area contributed by atoms with Gasteiger partial charge in [-0.25, -0.2) is 17.8 Å². The van der Waals surface area contributed by atoms with Crippen LogP contribution >= 0.6 is 0 Å². The minimum Gasteiger partial charge on any atom is -0.497 e. The van der Waals surface area contributed by atoms with Gasteiger partial charge in [0.2, 0.25) is 15.0 Å². The summed E-state index contributed by atoms with van der Waals surface area (Å²) in [7, 11) is -2.45. The third kappa shape index (κ3) is 6.54. The molecule has 0 unspecified atom stereocenters. The van der Waals surface area contributed by atoms with Crippen LogP contribution in [0.25, 0.3) is 0 Å². The number of aromatic nitrogens is 2. The first-order valence-corrected chi connectivity index (χ1v) is 15.2. The van der Waals surface area contributed by atoms with Crippen LogP contribution in [-0.2, 0) is 38.2 Å². The molecule has 214 valence electrons. The minimum absolute atomic E-state index is 0.0745. The van der Waals surface area contributed by atoms with Crippen molar-refractivity contribution in [2.24, 2.45) is 0 Å². The molecule has 0 aliphatic carbocycles. The Bertz CT molecular complexity index is 1410. The van der Waals surface area contributed by atoms with Crippen LogP contribution in [0.1, 0.15) is 47.3 Å². The Kier molecular flexibility index (Phi) is 8.82. The van der Waals surface area contributed by atoms with Crippen molar-refractivity contribution in [1.29, 1.82) is 0 Å². The average Bonchev–Trinajstić information content (AvgIpc) is 3.73. The number of methoxy groups -OCH3 is 1. The SMILES string of the molecule is COc1ccc(C(=O)N(Cc2cnc(S(=O)(=O)Cc3ccccc3F)n2C[C@@H]2CCCO2)C[C@H]2CCCO2)cc1. The number of ether oxygens (including phenoxy) is 3. The van der Waals surface area contributed by atoms with E-state index < -0.39 is 21.4 Å². The molecular formula is C29H34FN3O6S. The fraction of sp³-hybridized carbons (Fsp3) is 0.448. The lowest BCUT2D eigenvalue weighted by molar-refractivity contribution is 0.0496. The molecule has 2 saturated heterocycles. The summed E-state index contributed by atoms with van der Waals surface area (Å²) in [5.41, 5.74) is 1.12.